The van der Waals surface area contributed by atoms with Crippen LogP contribution in [-0.4, -0.2) is 16.1 Å². The molecule has 172 valence electrons. The zero-order valence-corrected chi connectivity index (χ0v) is 17.8. The van der Waals surface area contributed by atoms with E-state index in [1.807, 2.05) is 0 Å². The minimum atomic E-state index is -4.73. The number of alkyl halides is 3. The highest BCUT2D eigenvalue weighted by Crippen LogP contribution is 2.38. The van der Waals surface area contributed by atoms with Gasteiger partial charge in [-0.2, -0.15) is 13.2 Å². The number of nitrogens with zero attached hydrogens (tertiary/aromatic N) is 2. The molecule has 3 aromatic rings. The van der Waals surface area contributed by atoms with Gasteiger partial charge in [0.05, 0.1) is 21.1 Å². The number of hydrogen-bond donors (Lipinski definition) is 0. The number of para-hydroxylation sites is 1. The predicted molar refractivity (Wildman–Crippen MR) is 120 cm³/mol. The average Bonchev–Trinajstić information content (AvgIpc) is 3.07. The van der Waals surface area contributed by atoms with Gasteiger partial charge in [-0.15, -0.1) is 0 Å². The van der Waals surface area contributed by atoms with Crippen molar-refractivity contribution >= 4 is 40.4 Å². The number of rotatable bonds is 5. The van der Waals surface area contributed by atoms with Crippen LogP contribution in [0.5, 0.6) is 11.5 Å². The highest BCUT2D eigenvalue weighted by Gasteiger charge is 2.36. The van der Waals surface area contributed by atoms with E-state index in [2.05, 4.69) is 0 Å². The molecular formula is C23H13F3N2O5S. The molecule has 1 fully saturated rings. The number of imide groups is 1. The van der Waals surface area contributed by atoms with Crippen LogP contribution in [0.15, 0.2) is 77.7 Å². The van der Waals surface area contributed by atoms with Gasteiger partial charge >= 0.3 is 11.9 Å². The van der Waals surface area contributed by atoms with E-state index in [-0.39, 0.29) is 16.4 Å². The van der Waals surface area contributed by atoms with E-state index in [4.69, 9.17) is 4.74 Å². The Morgan fingerprint density at radius 3 is 2.26 bits per heavy atom. The number of hydrogen-bond acceptors (Lipinski definition) is 6. The fraction of sp³-hybridized carbons (Fsp3) is 0.0435. The quantitative estimate of drug-likeness (QED) is 0.228. The molecular weight excluding hydrogens is 473 g/mol. The first kappa shape index (κ1) is 23.1. The van der Waals surface area contributed by atoms with E-state index in [1.165, 1.54) is 18.2 Å². The number of benzene rings is 3. The molecule has 0 aliphatic carbocycles. The number of nitro groups is 1. The largest absolute Gasteiger partial charge is 0.450 e. The third-order valence-electron chi connectivity index (χ3n) is 4.70. The molecule has 2 amide bonds. The molecule has 34 heavy (non-hydrogen) atoms. The summed E-state index contributed by atoms with van der Waals surface area (Å²) in [5.74, 6) is -0.686. The zero-order chi connectivity index (χ0) is 24.5. The molecule has 3 aromatic carbocycles. The van der Waals surface area contributed by atoms with Gasteiger partial charge in [0.2, 0.25) is 5.75 Å². The number of carbonyl (C=O) groups excluding carboxylic acids is 2. The molecule has 1 heterocycles. The summed E-state index contributed by atoms with van der Waals surface area (Å²) in [5.41, 5.74) is -0.983. The number of carbonyl (C=O) groups is 2. The van der Waals surface area contributed by atoms with Crippen LogP contribution in [0.1, 0.15) is 11.1 Å². The number of anilines is 1. The first-order chi connectivity index (χ1) is 16.1. The van der Waals surface area contributed by atoms with E-state index < -0.39 is 33.5 Å². The number of thioether (sulfide) groups is 1. The first-order valence-corrected chi connectivity index (χ1v) is 10.4. The molecule has 1 aliphatic rings. The minimum absolute atomic E-state index is 0.136. The van der Waals surface area contributed by atoms with Crippen LogP contribution < -0.4 is 9.64 Å². The van der Waals surface area contributed by atoms with Crippen molar-refractivity contribution in [3.05, 3.63) is 98.9 Å². The van der Waals surface area contributed by atoms with Crippen molar-refractivity contribution < 1.29 is 32.4 Å². The van der Waals surface area contributed by atoms with Crippen molar-refractivity contribution in [2.45, 2.75) is 6.18 Å². The van der Waals surface area contributed by atoms with Crippen LogP contribution >= 0.6 is 11.8 Å². The van der Waals surface area contributed by atoms with Crippen molar-refractivity contribution in [2.24, 2.45) is 0 Å². The lowest BCUT2D eigenvalue weighted by Crippen LogP contribution is -2.27. The van der Waals surface area contributed by atoms with Crippen LogP contribution in [0.4, 0.5) is 29.3 Å². The van der Waals surface area contributed by atoms with Gasteiger partial charge in [-0.3, -0.25) is 19.7 Å². The van der Waals surface area contributed by atoms with Crippen molar-refractivity contribution in [3.8, 4) is 11.5 Å². The van der Waals surface area contributed by atoms with Gasteiger partial charge < -0.3 is 4.74 Å². The number of nitro benzene ring substituents is 1. The van der Waals surface area contributed by atoms with Crippen molar-refractivity contribution in [3.63, 3.8) is 0 Å². The Kier molecular flexibility index (Phi) is 6.12. The van der Waals surface area contributed by atoms with E-state index in [0.29, 0.717) is 23.4 Å². The molecule has 0 N–H and O–H groups in total. The lowest BCUT2D eigenvalue weighted by Gasteiger charge is -2.11. The van der Waals surface area contributed by atoms with Gasteiger partial charge in [-0.05, 0) is 59.8 Å². The van der Waals surface area contributed by atoms with Crippen LogP contribution in [0, 0.1) is 10.1 Å². The molecule has 1 aliphatic heterocycles. The monoisotopic (exact) mass is 486 g/mol. The maximum Gasteiger partial charge on any atom is 0.416 e. The standard InChI is InChI=1S/C23H13F3N2O5S/c24-23(25,26)15-8-11-19(18(13-15)28(31)32)33-17-9-6-14(7-10-17)12-20-21(29)27(22(30)34-20)16-4-2-1-3-5-16/h1-13H/b20-12+. The van der Waals surface area contributed by atoms with E-state index >= 15 is 0 Å². The van der Waals surface area contributed by atoms with Crippen molar-refractivity contribution in [2.75, 3.05) is 4.90 Å². The summed E-state index contributed by atoms with van der Waals surface area (Å²) < 4.78 is 44.0. The molecule has 0 radical (unpaired) electrons. The number of ether oxygens (including phenoxy) is 1. The van der Waals surface area contributed by atoms with Gasteiger partial charge in [0, 0.05) is 6.07 Å². The summed E-state index contributed by atoms with van der Waals surface area (Å²) in [4.78, 5) is 36.5. The lowest BCUT2D eigenvalue weighted by molar-refractivity contribution is -0.385. The minimum Gasteiger partial charge on any atom is -0.450 e. The molecule has 0 spiro atoms. The molecule has 0 saturated carbocycles. The van der Waals surface area contributed by atoms with Gasteiger partial charge in [0.1, 0.15) is 5.75 Å². The van der Waals surface area contributed by atoms with E-state index in [1.54, 1.807) is 42.5 Å². The molecule has 11 heteroatoms. The summed E-state index contributed by atoms with van der Waals surface area (Å²) in [5, 5.41) is 10.8. The SMILES string of the molecule is O=C1S/C(=C/c2ccc(Oc3ccc(C(F)(F)F)cc3[N+](=O)[O-])cc2)C(=O)N1c1ccccc1. The zero-order valence-electron chi connectivity index (χ0n) is 17.0. The Balaban J connectivity index is 1.53. The second-order valence-corrected chi connectivity index (χ2v) is 7.95. The van der Waals surface area contributed by atoms with Crippen molar-refractivity contribution in [1.82, 2.24) is 0 Å². The fourth-order valence-electron chi connectivity index (χ4n) is 3.10. The Morgan fingerprint density at radius 2 is 1.65 bits per heavy atom. The number of halogens is 3. The molecule has 0 unspecified atom stereocenters. The van der Waals surface area contributed by atoms with Crippen LogP contribution in [0.3, 0.4) is 0 Å². The van der Waals surface area contributed by atoms with Crippen LogP contribution in [0.25, 0.3) is 6.08 Å². The Hall–Kier alpha value is -4.12. The normalized spacial score (nSPS) is 15.1. The highest BCUT2D eigenvalue weighted by atomic mass is 32.2. The number of amides is 2. The van der Waals surface area contributed by atoms with Gasteiger partial charge in [-0.1, -0.05) is 30.3 Å². The predicted octanol–water partition coefficient (Wildman–Crippen LogP) is 6.65. The Bertz CT molecular complexity index is 1310. The third-order valence-corrected chi connectivity index (χ3v) is 5.57. The maximum absolute atomic E-state index is 12.9. The van der Waals surface area contributed by atoms with Gasteiger partial charge in [0.25, 0.3) is 11.1 Å². The molecule has 0 atom stereocenters. The molecule has 0 aromatic heterocycles. The second kappa shape index (κ2) is 9.02. The lowest BCUT2D eigenvalue weighted by atomic mass is 10.1. The van der Waals surface area contributed by atoms with Crippen LogP contribution in [-0.2, 0) is 11.0 Å². The Morgan fingerprint density at radius 1 is 0.971 bits per heavy atom. The maximum atomic E-state index is 12.9. The van der Waals surface area contributed by atoms with E-state index in [9.17, 15) is 32.9 Å². The summed E-state index contributed by atoms with van der Waals surface area (Å²) >= 11 is 0.787. The summed E-state index contributed by atoms with van der Waals surface area (Å²) in [7, 11) is 0. The summed E-state index contributed by atoms with van der Waals surface area (Å²) in [6, 6.07) is 16.4. The molecule has 0 bridgehead atoms. The van der Waals surface area contributed by atoms with Gasteiger partial charge in [0.15, 0.2) is 0 Å². The van der Waals surface area contributed by atoms with Gasteiger partial charge in [-0.25, -0.2) is 4.90 Å². The summed E-state index contributed by atoms with van der Waals surface area (Å²) in [6.45, 7) is 0. The average molecular weight is 486 g/mol. The van der Waals surface area contributed by atoms with Crippen LogP contribution in [0.2, 0.25) is 0 Å². The molecule has 4 rings (SSSR count). The Labute approximate surface area is 194 Å². The fourth-order valence-corrected chi connectivity index (χ4v) is 3.94. The first-order valence-electron chi connectivity index (χ1n) is 9.60. The molecule has 7 nitrogen and oxygen atoms in total. The third kappa shape index (κ3) is 4.79. The second-order valence-electron chi connectivity index (χ2n) is 6.96. The molecule has 1 saturated heterocycles. The van der Waals surface area contributed by atoms with Crippen molar-refractivity contribution in [1.29, 1.82) is 0 Å². The topological polar surface area (TPSA) is 89.7 Å². The highest BCUT2D eigenvalue weighted by molar-refractivity contribution is 8.19. The smallest absolute Gasteiger partial charge is 0.416 e. The van der Waals surface area contributed by atoms with E-state index in [0.717, 1.165) is 22.7 Å². The summed E-state index contributed by atoms with van der Waals surface area (Å²) in [6.07, 6.45) is -3.22.